The van der Waals surface area contributed by atoms with Gasteiger partial charge >= 0.3 is 0 Å². The molecule has 4 heteroatoms. The SMILES string of the molecule is CNC1C(S(=O)(=O)C(C)C(C)C)CCC1(C)C. The van der Waals surface area contributed by atoms with Crippen molar-refractivity contribution in [3.05, 3.63) is 0 Å². The summed E-state index contributed by atoms with van der Waals surface area (Å²) in [6, 6.07) is 0.0775. The first-order chi connectivity index (χ1) is 7.64. The summed E-state index contributed by atoms with van der Waals surface area (Å²) in [5.74, 6) is 0.182. The summed E-state index contributed by atoms with van der Waals surface area (Å²) in [5, 5.41) is 2.75. The maximum absolute atomic E-state index is 12.6. The van der Waals surface area contributed by atoms with Gasteiger partial charge in [0.25, 0.3) is 0 Å². The van der Waals surface area contributed by atoms with Crippen LogP contribution in [0.1, 0.15) is 47.5 Å². The van der Waals surface area contributed by atoms with Gasteiger partial charge in [-0.1, -0.05) is 27.7 Å². The summed E-state index contributed by atoms with van der Waals surface area (Å²) in [7, 11) is -1.16. The Morgan fingerprint density at radius 1 is 1.24 bits per heavy atom. The predicted octanol–water partition coefficient (Wildman–Crippen LogP) is 2.22. The van der Waals surface area contributed by atoms with Gasteiger partial charge in [-0.2, -0.15) is 0 Å². The maximum Gasteiger partial charge on any atom is 0.157 e. The Kier molecular flexibility index (Phi) is 4.30. The summed E-state index contributed by atoms with van der Waals surface area (Å²) in [5.41, 5.74) is 0.0726. The molecule has 0 radical (unpaired) electrons. The molecule has 3 nitrogen and oxygen atoms in total. The molecule has 1 saturated carbocycles. The van der Waals surface area contributed by atoms with Gasteiger partial charge in [0.2, 0.25) is 0 Å². The molecule has 0 heterocycles. The van der Waals surface area contributed by atoms with E-state index in [-0.39, 0.29) is 27.9 Å². The topological polar surface area (TPSA) is 46.2 Å². The summed E-state index contributed by atoms with van der Waals surface area (Å²) in [4.78, 5) is 0. The van der Waals surface area contributed by atoms with Crippen LogP contribution in [-0.4, -0.2) is 32.0 Å². The first-order valence-corrected chi connectivity index (χ1v) is 8.15. The molecule has 102 valence electrons. The molecule has 0 bridgehead atoms. The number of hydrogen-bond acceptors (Lipinski definition) is 3. The molecule has 0 spiro atoms. The zero-order valence-corrected chi connectivity index (χ0v) is 12.8. The van der Waals surface area contributed by atoms with Crippen molar-refractivity contribution in [2.24, 2.45) is 11.3 Å². The van der Waals surface area contributed by atoms with Crippen molar-refractivity contribution in [2.75, 3.05) is 7.05 Å². The van der Waals surface area contributed by atoms with E-state index < -0.39 is 9.84 Å². The van der Waals surface area contributed by atoms with E-state index in [2.05, 4.69) is 19.2 Å². The molecule has 3 atom stereocenters. The highest BCUT2D eigenvalue weighted by molar-refractivity contribution is 7.92. The van der Waals surface area contributed by atoms with Crippen molar-refractivity contribution in [3.63, 3.8) is 0 Å². The molecule has 1 rings (SSSR count). The Morgan fingerprint density at radius 2 is 1.76 bits per heavy atom. The average Bonchev–Trinajstić information content (AvgIpc) is 2.52. The van der Waals surface area contributed by atoms with Gasteiger partial charge in [0.1, 0.15) is 0 Å². The largest absolute Gasteiger partial charge is 0.315 e. The highest BCUT2D eigenvalue weighted by atomic mass is 32.2. The van der Waals surface area contributed by atoms with E-state index in [0.29, 0.717) is 0 Å². The molecule has 1 aliphatic carbocycles. The van der Waals surface area contributed by atoms with Crippen LogP contribution in [0.2, 0.25) is 0 Å². The lowest BCUT2D eigenvalue weighted by molar-refractivity contribution is 0.297. The van der Waals surface area contributed by atoms with E-state index in [0.717, 1.165) is 12.8 Å². The zero-order chi connectivity index (χ0) is 13.4. The molecular formula is C13H27NO2S. The van der Waals surface area contributed by atoms with E-state index in [1.54, 1.807) is 0 Å². The number of sulfone groups is 1. The van der Waals surface area contributed by atoms with Crippen molar-refractivity contribution in [1.29, 1.82) is 0 Å². The van der Waals surface area contributed by atoms with Gasteiger partial charge in [0.15, 0.2) is 9.84 Å². The van der Waals surface area contributed by atoms with Crippen molar-refractivity contribution in [2.45, 2.75) is 64.0 Å². The van der Waals surface area contributed by atoms with Gasteiger partial charge in [-0.05, 0) is 38.1 Å². The van der Waals surface area contributed by atoms with Crippen molar-refractivity contribution >= 4 is 9.84 Å². The van der Waals surface area contributed by atoms with Gasteiger partial charge in [-0.3, -0.25) is 0 Å². The third kappa shape index (κ3) is 2.68. The van der Waals surface area contributed by atoms with E-state index in [1.165, 1.54) is 0 Å². The molecule has 1 N–H and O–H groups in total. The smallest absolute Gasteiger partial charge is 0.157 e. The van der Waals surface area contributed by atoms with Crippen LogP contribution < -0.4 is 5.32 Å². The van der Waals surface area contributed by atoms with Crippen LogP contribution >= 0.6 is 0 Å². The van der Waals surface area contributed by atoms with Gasteiger partial charge in [-0.15, -0.1) is 0 Å². The third-order valence-electron chi connectivity index (χ3n) is 4.48. The van der Waals surface area contributed by atoms with Crippen LogP contribution in [0.4, 0.5) is 0 Å². The zero-order valence-electron chi connectivity index (χ0n) is 11.9. The molecule has 0 aromatic rings. The first kappa shape index (κ1) is 15.0. The molecule has 0 aliphatic heterocycles. The second-order valence-electron chi connectivity index (χ2n) is 6.37. The van der Waals surface area contributed by atoms with E-state index in [4.69, 9.17) is 0 Å². The molecule has 0 aromatic heterocycles. The van der Waals surface area contributed by atoms with Gasteiger partial charge in [0.05, 0.1) is 10.5 Å². The standard InChI is InChI=1S/C13H27NO2S/c1-9(2)10(3)17(15,16)11-7-8-13(4,5)12(11)14-6/h9-12,14H,7-8H2,1-6H3. The fourth-order valence-electron chi connectivity index (χ4n) is 2.93. The Hall–Kier alpha value is -0.0900. The Balaban J connectivity index is 3.02. The van der Waals surface area contributed by atoms with Crippen LogP contribution in [0.5, 0.6) is 0 Å². The lowest BCUT2D eigenvalue weighted by Gasteiger charge is -2.32. The second kappa shape index (κ2) is 4.88. The predicted molar refractivity (Wildman–Crippen MR) is 72.9 cm³/mol. The molecule has 0 aromatic carbocycles. The lowest BCUT2D eigenvalue weighted by atomic mass is 9.87. The third-order valence-corrected chi connectivity index (χ3v) is 7.41. The van der Waals surface area contributed by atoms with E-state index in [1.807, 2.05) is 27.8 Å². The van der Waals surface area contributed by atoms with E-state index in [9.17, 15) is 8.42 Å². The highest BCUT2D eigenvalue weighted by Gasteiger charge is 2.48. The summed E-state index contributed by atoms with van der Waals surface area (Å²) < 4.78 is 25.2. The summed E-state index contributed by atoms with van der Waals surface area (Å²) in [6.45, 7) is 10.1. The quantitative estimate of drug-likeness (QED) is 0.844. The monoisotopic (exact) mass is 261 g/mol. The summed E-state index contributed by atoms with van der Waals surface area (Å²) >= 11 is 0. The number of rotatable bonds is 4. The normalized spacial score (nSPS) is 30.8. The fourth-order valence-corrected chi connectivity index (χ4v) is 5.57. The lowest BCUT2D eigenvalue weighted by Crippen LogP contribution is -2.48. The van der Waals surface area contributed by atoms with Crippen LogP contribution in [-0.2, 0) is 9.84 Å². The fraction of sp³-hybridized carbons (Fsp3) is 1.00. The molecule has 1 fully saturated rings. The minimum atomic E-state index is -3.03. The molecule has 0 amide bonds. The van der Waals surface area contributed by atoms with Crippen LogP contribution in [0.3, 0.4) is 0 Å². The van der Waals surface area contributed by atoms with Gasteiger partial charge in [-0.25, -0.2) is 8.42 Å². The van der Waals surface area contributed by atoms with E-state index >= 15 is 0 Å². The molecule has 0 saturated heterocycles. The van der Waals surface area contributed by atoms with Gasteiger partial charge in [0, 0.05) is 6.04 Å². The minimum Gasteiger partial charge on any atom is -0.315 e. The average molecular weight is 261 g/mol. The summed E-state index contributed by atoms with van der Waals surface area (Å²) in [6.07, 6.45) is 1.77. The van der Waals surface area contributed by atoms with Gasteiger partial charge < -0.3 is 5.32 Å². The molecular weight excluding hydrogens is 234 g/mol. The van der Waals surface area contributed by atoms with Crippen LogP contribution in [0.15, 0.2) is 0 Å². The first-order valence-electron chi connectivity index (χ1n) is 6.54. The Labute approximate surface area is 106 Å². The van der Waals surface area contributed by atoms with Crippen LogP contribution in [0.25, 0.3) is 0 Å². The second-order valence-corrected chi connectivity index (χ2v) is 8.90. The molecule has 1 aliphatic rings. The number of nitrogens with one attached hydrogen (secondary N) is 1. The minimum absolute atomic E-state index is 0.0726. The highest BCUT2D eigenvalue weighted by Crippen LogP contribution is 2.42. The Bertz CT molecular complexity index is 360. The van der Waals surface area contributed by atoms with Crippen molar-refractivity contribution < 1.29 is 8.42 Å². The van der Waals surface area contributed by atoms with Crippen molar-refractivity contribution in [1.82, 2.24) is 5.32 Å². The molecule has 17 heavy (non-hydrogen) atoms. The number of hydrogen-bond donors (Lipinski definition) is 1. The molecule has 3 unspecified atom stereocenters. The maximum atomic E-state index is 12.6. The van der Waals surface area contributed by atoms with Crippen molar-refractivity contribution in [3.8, 4) is 0 Å². The Morgan fingerprint density at radius 3 is 2.18 bits per heavy atom. The van der Waals surface area contributed by atoms with Crippen LogP contribution in [0, 0.1) is 11.3 Å².